The third kappa shape index (κ3) is 6.50. The lowest BCUT2D eigenvalue weighted by Crippen LogP contribution is -2.50. The van der Waals surface area contributed by atoms with Crippen molar-refractivity contribution in [2.45, 2.75) is 38.4 Å². The Hall–Kier alpha value is -4.08. The van der Waals surface area contributed by atoms with Gasteiger partial charge < -0.3 is 16.0 Å². The first kappa shape index (κ1) is 26.5. The van der Waals surface area contributed by atoms with Crippen molar-refractivity contribution in [3.63, 3.8) is 0 Å². The largest absolute Gasteiger partial charge is 0.350 e. The van der Waals surface area contributed by atoms with Crippen molar-refractivity contribution in [1.29, 1.82) is 0 Å². The molecule has 1 aliphatic heterocycles. The Balaban J connectivity index is 1.14. The average Bonchev–Trinajstić information content (AvgIpc) is 3.65. The van der Waals surface area contributed by atoms with Crippen molar-refractivity contribution in [3.05, 3.63) is 95.3 Å². The first-order valence-corrected chi connectivity index (χ1v) is 13.3. The predicted molar refractivity (Wildman–Crippen MR) is 149 cm³/mol. The Bertz CT molecular complexity index is 1430. The summed E-state index contributed by atoms with van der Waals surface area (Å²) < 4.78 is 1.50. The number of hydrogen-bond donors (Lipinski definition) is 3. The molecule has 0 aliphatic carbocycles. The van der Waals surface area contributed by atoms with Crippen LogP contribution in [0.2, 0.25) is 5.02 Å². The van der Waals surface area contributed by atoms with Crippen LogP contribution < -0.4 is 16.0 Å². The number of nitrogens with zero attached hydrogens (tertiary/aromatic N) is 4. The number of aromatic nitrogens is 4. The van der Waals surface area contributed by atoms with Crippen molar-refractivity contribution in [3.8, 4) is 16.8 Å². The highest BCUT2D eigenvalue weighted by molar-refractivity contribution is 6.30. The van der Waals surface area contributed by atoms with Crippen LogP contribution in [0, 0.1) is 5.92 Å². The zero-order valence-electron chi connectivity index (χ0n) is 21.5. The molecule has 0 radical (unpaired) electrons. The highest BCUT2D eigenvalue weighted by Crippen LogP contribution is 2.28. The van der Waals surface area contributed by atoms with Crippen LogP contribution in [-0.2, 0) is 22.6 Å². The van der Waals surface area contributed by atoms with E-state index in [0.29, 0.717) is 23.0 Å². The van der Waals surface area contributed by atoms with Gasteiger partial charge in [0.1, 0.15) is 12.4 Å². The van der Waals surface area contributed by atoms with Gasteiger partial charge in [0, 0.05) is 11.6 Å². The van der Waals surface area contributed by atoms with Crippen LogP contribution in [0.3, 0.4) is 0 Å². The molecule has 1 fully saturated rings. The summed E-state index contributed by atoms with van der Waals surface area (Å²) in [5.41, 5.74) is 5.14. The normalized spacial score (nSPS) is 17.5. The second-order valence-electron chi connectivity index (χ2n) is 9.77. The Morgan fingerprint density at radius 1 is 1.08 bits per heavy atom. The predicted octanol–water partition coefficient (Wildman–Crippen LogP) is 3.32. The molecule has 10 heteroatoms. The molecule has 9 nitrogen and oxygen atoms in total. The number of hydrogen-bond acceptors (Lipinski definition) is 6. The highest BCUT2D eigenvalue weighted by atomic mass is 35.5. The van der Waals surface area contributed by atoms with Crippen molar-refractivity contribution in [1.82, 2.24) is 36.2 Å². The van der Waals surface area contributed by atoms with E-state index >= 15 is 0 Å². The fraction of sp³-hybridized carbons (Fsp3) is 0.276. The number of carbonyl (C=O) groups is 2. The average molecular weight is 544 g/mol. The molecule has 1 aliphatic rings. The topological polar surface area (TPSA) is 114 Å². The monoisotopic (exact) mass is 543 g/mol. The van der Waals surface area contributed by atoms with Crippen molar-refractivity contribution < 1.29 is 9.59 Å². The second kappa shape index (κ2) is 12.2. The molecule has 2 heterocycles. The maximum atomic E-state index is 13.0. The lowest BCUT2D eigenvalue weighted by Gasteiger charge is -2.18. The van der Waals surface area contributed by atoms with E-state index in [1.807, 2.05) is 18.2 Å². The third-order valence-electron chi connectivity index (χ3n) is 6.99. The van der Waals surface area contributed by atoms with E-state index in [9.17, 15) is 9.59 Å². The molecule has 3 atom stereocenters. The number of carbonyl (C=O) groups excluding carboxylic acids is 2. The fourth-order valence-electron chi connectivity index (χ4n) is 4.98. The molecular formula is C29H30ClN7O2. The third-order valence-corrected chi connectivity index (χ3v) is 7.23. The van der Waals surface area contributed by atoms with E-state index in [-0.39, 0.29) is 24.4 Å². The number of tetrazole rings is 1. The molecule has 3 N–H and O–H groups in total. The minimum atomic E-state index is -0.701. The van der Waals surface area contributed by atoms with E-state index in [2.05, 4.69) is 67.9 Å². The molecule has 0 saturated carbocycles. The van der Waals surface area contributed by atoms with Gasteiger partial charge in [-0.3, -0.25) is 9.59 Å². The van der Waals surface area contributed by atoms with Gasteiger partial charge in [0.05, 0.1) is 11.7 Å². The minimum absolute atomic E-state index is 0.173. The van der Waals surface area contributed by atoms with Gasteiger partial charge in [-0.15, -0.1) is 5.10 Å². The van der Waals surface area contributed by atoms with Gasteiger partial charge in [-0.25, -0.2) is 4.68 Å². The van der Waals surface area contributed by atoms with Crippen LogP contribution in [0.1, 0.15) is 24.5 Å². The van der Waals surface area contributed by atoms with E-state index in [0.717, 1.165) is 18.5 Å². The molecule has 200 valence electrons. The van der Waals surface area contributed by atoms with Gasteiger partial charge >= 0.3 is 0 Å². The Labute approximate surface area is 232 Å². The maximum Gasteiger partial charge on any atom is 0.242 e. The summed E-state index contributed by atoms with van der Waals surface area (Å²) in [7, 11) is 0. The molecular weight excluding hydrogens is 514 g/mol. The van der Waals surface area contributed by atoms with Crippen LogP contribution in [0.5, 0.6) is 0 Å². The first-order valence-electron chi connectivity index (χ1n) is 12.9. The van der Waals surface area contributed by atoms with Gasteiger partial charge in [0.25, 0.3) is 0 Å². The quantitative estimate of drug-likeness (QED) is 0.298. The van der Waals surface area contributed by atoms with Crippen LogP contribution >= 0.6 is 11.6 Å². The van der Waals surface area contributed by atoms with E-state index in [4.69, 9.17) is 11.6 Å². The van der Waals surface area contributed by atoms with Crippen LogP contribution in [0.4, 0.5) is 0 Å². The molecule has 39 heavy (non-hydrogen) atoms. The molecule has 2 amide bonds. The Kier molecular flexibility index (Phi) is 8.29. The minimum Gasteiger partial charge on any atom is -0.350 e. The number of benzene rings is 3. The SMILES string of the molecule is C[C@H](NC(=O)[C@H]1C[C@H](Cc2ccccc2-c2ccccc2)CN1)C(=O)NCc1cc(Cl)ccc1-n1cnnn1. The Morgan fingerprint density at radius 2 is 1.87 bits per heavy atom. The molecule has 0 bridgehead atoms. The molecule has 0 unspecified atom stereocenters. The maximum absolute atomic E-state index is 13.0. The van der Waals surface area contributed by atoms with E-state index in [1.54, 1.807) is 25.1 Å². The van der Waals surface area contributed by atoms with Crippen molar-refractivity contribution >= 4 is 23.4 Å². The Morgan fingerprint density at radius 3 is 2.67 bits per heavy atom. The van der Waals surface area contributed by atoms with E-state index < -0.39 is 6.04 Å². The summed E-state index contributed by atoms with van der Waals surface area (Å²) in [6.45, 7) is 2.63. The summed E-state index contributed by atoms with van der Waals surface area (Å²) >= 11 is 6.16. The smallest absolute Gasteiger partial charge is 0.242 e. The number of halogens is 1. The zero-order valence-corrected chi connectivity index (χ0v) is 22.3. The van der Waals surface area contributed by atoms with E-state index in [1.165, 1.54) is 27.7 Å². The molecule has 5 rings (SSSR count). The highest BCUT2D eigenvalue weighted by Gasteiger charge is 2.31. The van der Waals surface area contributed by atoms with Crippen LogP contribution in [0.15, 0.2) is 79.1 Å². The van der Waals surface area contributed by atoms with Crippen molar-refractivity contribution in [2.24, 2.45) is 5.92 Å². The van der Waals surface area contributed by atoms with Gasteiger partial charge in [0.2, 0.25) is 11.8 Å². The lowest BCUT2D eigenvalue weighted by atomic mass is 9.91. The lowest BCUT2D eigenvalue weighted by molar-refractivity contribution is -0.129. The van der Waals surface area contributed by atoms with Crippen molar-refractivity contribution in [2.75, 3.05) is 6.54 Å². The zero-order chi connectivity index (χ0) is 27.2. The molecule has 0 spiro atoms. The number of amides is 2. The molecule has 1 saturated heterocycles. The summed E-state index contributed by atoms with van der Waals surface area (Å²) in [5.74, 6) is -0.145. The van der Waals surface area contributed by atoms with Gasteiger partial charge in [-0.2, -0.15) is 0 Å². The number of rotatable bonds is 9. The van der Waals surface area contributed by atoms with Crippen LogP contribution in [0.25, 0.3) is 16.8 Å². The van der Waals surface area contributed by atoms with Gasteiger partial charge in [0.15, 0.2) is 0 Å². The summed E-state index contributed by atoms with van der Waals surface area (Å²) in [4.78, 5) is 25.8. The van der Waals surface area contributed by atoms with Gasteiger partial charge in [-0.05, 0) is 83.1 Å². The summed E-state index contributed by atoms with van der Waals surface area (Å²) in [5, 5.41) is 20.8. The summed E-state index contributed by atoms with van der Waals surface area (Å²) in [6, 6.07) is 23.0. The van der Waals surface area contributed by atoms with Crippen LogP contribution in [-0.4, -0.2) is 50.7 Å². The second-order valence-corrected chi connectivity index (χ2v) is 10.2. The molecule has 3 aromatic carbocycles. The molecule has 1 aromatic heterocycles. The standard InChI is InChI=1S/C29H30ClN7O2/c1-19(28(38)32-17-23-15-24(30)11-12-27(23)37-18-33-35-36-37)34-29(39)26-14-20(16-31-26)13-22-9-5-6-10-25(22)21-7-3-2-4-8-21/h2-12,15,18-20,26,31H,13-14,16-17H2,1H3,(H,32,38)(H,34,39)/t19-,20-,26+/m0/s1. The first-order chi connectivity index (χ1) is 19.0. The van der Waals surface area contributed by atoms with Gasteiger partial charge in [-0.1, -0.05) is 66.2 Å². The fourth-order valence-corrected chi connectivity index (χ4v) is 5.17. The molecule has 4 aromatic rings. The number of nitrogens with one attached hydrogen (secondary N) is 3. The summed E-state index contributed by atoms with van der Waals surface area (Å²) in [6.07, 6.45) is 3.06.